The fraction of sp³-hybridized carbons (Fsp3) is 0.200. The molecule has 0 unspecified atom stereocenters. The number of ether oxygens (including phenoxy) is 1. The molecule has 0 amide bonds. The van der Waals surface area contributed by atoms with Crippen LogP contribution in [0.1, 0.15) is 12.6 Å². The highest BCUT2D eigenvalue weighted by Gasteiger charge is 2.15. The van der Waals surface area contributed by atoms with Gasteiger partial charge in [-0.05, 0) is 13.0 Å². The van der Waals surface area contributed by atoms with E-state index < -0.39 is 16.7 Å². The van der Waals surface area contributed by atoms with Gasteiger partial charge in [0, 0.05) is 18.3 Å². The van der Waals surface area contributed by atoms with Crippen LogP contribution in [-0.4, -0.2) is 27.6 Å². The zero-order valence-electron chi connectivity index (χ0n) is 8.99. The van der Waals surface area contributed by atoms with Crippen molar-refractivity contribution in [3.63, 3.8) is 0 Å². The van der Waals surface area contributed by atoms with Gasteiger partial charge in [-0.25, -0.2) is 9.78 Å². The van der Waals surface area contributed by atoms with Crippen molar-refractivity contribution in [1.29, 1.82) is 0 Å². The Labute approximate surface area is 96.5 Å². The molecule has 1 heterocycles. The summed E-state index contributed by atoms with van der Waals surface area (Å²) in [5, 5.41) is 20.0. The van der Waals surface area contributed by atoms with Crippen molar-refractivity contribution >= 4 is 17.7 Å². The molecule has 7 heteroatoms. The molecule has 0 aliphatic carbocycles. The zero-order chi connectivity index (χ0) is 12.8. The van der Waals surface area contributed by atoms with E-state index in [0.29, 0.717) is 0 Å². The molecule has 1 aromatic rings. The monoisotopic (exact) mass is 238 g/mol. The Hall–Kier alpha value is -2.44. The molecule has 90 valence electrons. The fourth-order valence-corrected chi connectivity index (χ4v) is 1.07. The van der Waals surface area contributed by atoms with Crippen LogP contribution in [0.4, 0.5) is 5.69 Å². The number of aliphatic hydroxyl groups excluding tert-OH is 1. The molecule has 0 saturated carbocycles. The highest BCUT2D eigenvalue weighted by atomic mass is 16.6. The van der Waals surface area contributed by atoms with Crippen molar-refractivity contribution in [3.05, 3.63) is 39.9 Å². The van der Waals surface area contributed by atoms with E-state index in [1.54, 1.807) is 6.92 Å². The number of aromatic nitrogens is 1. The minimum absolute atomic E-state index is 0.0983. The second-order valence-electron chi connectivity index (χ2n) is 2.91. The van der Waals surface area contributed by atoms with Crippen LogP contribution in [0, 0.1) is 10.1 Å². The number of aliphatic hydroxyl groups is 1. The van der Waals surface area contributed by atoms with E-state index in [0.717, 1.165) is 6.08 Å². The summed E-state index contributed by atoms with van der Waals surface area (Å²) < 4.78 is 4.52. The van der Waals surface area contributed by atoms with Crippen LogP contribution >= 0.6 is 0 Å². The van der Waals surface area contributed by atoms with Crippen LogP contribution in [0.25, 0.3) is 6.08 Å². The number of hydrogen-bond acceptors (Lipinski definition) is 6. The summed E-state index contributed by atoms with van der Waals surface area (Å²) in [5.74, 6) is -1.68. The van der Waals surface area contributed by atoms with Gasteiger partial charge in [0.15, 0.2) is 0 Å². The summed E-state index contributed by atoms with van der Waals surface area (Å²) in [6, 6.07) is 2.61. The van der Waals surface area contributed by atoms with Gasteiger partial charge >= 0.3 is 5.97 Å². The van der Waals surface area contributed by atoms with Crippen LogP contribution in [-0.2, 0) is 9.53 Å². The Morgan fingerprint density at radius 2 is 2.41 bits per heavy atom. The Morgan fingerprint density at radius 1 is 1.71 bits per heavy atom. The van der Waals surface area contributed by atoms with Gasteiger partial charge < -0.3 is 9.84 Å². The number of rotatable bonds is 4. The van der Waals surface area contributed by atoms with E-state index in [1.165, 1.54) is 18.3 Å². The molecule has 1 N–H and O–H groups in total. The maximum atomic E-state index is 11.1. The average molecular weight is 238 g/mol. The van der Waals surface area contributed by atoms with Gasteiger partial charge in [0.1, 0.15) is 5.69 Å². The van der Waals surface area contributed by atoms with E-state index in [1.807, 2.05) is 0 Å². The lowest BCUT2D eigenvalue weighted by molar-refractivity contribution is -0.385. The molecule has 0 atom stereocenters. The second kappa shape index (κ2) is 5.59. The fourth-order valence-electron chi connectivity index (χ4n) is 1.07. The Bertz CT molecular complexity index is 470. The quantitative estimate of drug-likeness (QED) is 0.280. The van der Waals surface area contributed by atoms with Gasteiger partial charge in [0.05, 0.1) is 11.5 Å². The highest BCUT2D eigenvalue weighted by Crippen LogP contribution is 2.17. The van der Waals surface area contributed by atoms with Crippen molar-refractivity contribution < 1.29 is 19.6 Å². The smallest absolute Gasteiger partial charge is 0.373 e. The number of pyridine rings is 1. The molecular formula is C10H10N2O5. The summed E-state index contributed by atoms with van der Waals surface area (Å²) in [6.07, 6.45) is 2.22. The van der Waals surface area contributed by atoms with E-state index in [4.69, 9.17) is 0 Å². The number of hydrogen-bond donors (Lipinski definition) is 1. The second-order valence-corrected chi connectivity index (χ2v) is 2.91. The Balaban J connectivity index is 3.05. The van der Waals surface area contributed by atoms with Gasteiger partial charge in [-0.15, -0.1) is 0 Å². The molecule has 0 aromatic carbocycles. The number of carbonyl (C=O) groups is 1. The standard InChI is InChI=1S/C10H10N2O5/c1-2-17-10(14)9(13)6-7-8(12(15)16)4-3-5-11-7/h3-6,13H,2H2,1H3/b9-6-. The third-order valence-electron chi connectivity index (χ3n) is 1.77. The highest BCUT2D eigenvalue weighted by molar-refractivity contribution is 5.91. The molecule has 0 aliphatic rings. The summed E-state index contributed by atoms with van der Waals surface area (Å²) in [4.78, 5) is 24.8. The summed E-state index contributed by atoms with van der Waals surface area (Å²) in [7, 11) is 0. The van der Waals surface area contributed by atoms with Gasteiger partial charge in [-0.1, -0.05) is 0 Å². The topological polar surface area (TPSA) is 103 Å². The van der Waals surface area contributed by atoms with E-state index in [2.05, 4.69) is 9.72 Å². The normalized spacial score (nSPS) is 11.0. The number of carbonyl (C=O) groups excluding carboxylic acids is 1. The molecule has 0 radical (unpaired) electrons. The van der Waals surface area contributed by atoms with E-state index >= 15 is 0 Å². The lowest BCUT2D eigenvalue weighted by atomic mass is 10.2. The molecule has 17 heavy (non-hydrogen) atoms. The molecule has 0 bridgehead atoms. The SMILES string of the molecule is CCOC(=O)/C(O)=C/c1ncccc1[N+](=O)[O-]. The maximum absolute atomic E-state index is 11.1. The van der Waals surface area contributed by atoms with Crippen LogP contribution in [0.15, 0.2) is 24.1 Å². The molecule has 0 fully saturated rings. The summed E-state index contributed by atoms with van der Waals surface area (Å²) >= 11 is 0. The molecule has 7 nitrogen and oxygen atoms in total. The minimum atomic E-state index is -0.951. The molecule has 0 spiro atoms. The van der Waals surface area contributed by atoms with Crippen molar-refractivity contribution in [2.24, 2.45) is 0 Å². The third kappa shape index (κ3) is 3.26. The molecule has 1 aromatic heterocycles. The van der Waals surface area contributed by atoms with Crippen LogP contribution in [0.2, 0.25) is 0 Å². The third-order valence-corrected chi connectivity index (χ3v) is 1.77. The lowest BCUT2D eigenvalue weighted by Crippen LogP contribution is -2.07. The molecule has 1 rings (SSSR count). The maximum Gasteiger partial charge on any atom is 0.373 e. The van der Waals surface area contributed by atoms with Gasteiger partial charge in [-0.2, -0.15) is 0 Å². The number of esters is 1. The van der Waals surface area contributed by atoms with Crippen molar-refractivity contribution in [3.8, 4) is 0 Å². The van der Waals surface area contributed by atoms with Crippen molar-refractivity contribution in [2.45, 2.75) is 6.92 Å². The van der Waals surface area contributed by atoms with Crippen LogP contribution in [0.3, 0.4) is 0 Å². The lowest BCUT2D eigenvalue weighted by Gasteiger charge is -2.00. The average Bonchev–Trinajstić information content (AvgIpc) is 2.29. The van der Waals surface area contributed by atoms with Gasteiger partial charge in [0.2, 0.25) is 5.76 Å². The zero-order valence-corrected chi connectivity index (χ0v) is 8.99. The van der Waals surface area contributed by atoms with Crippen LogP contribution in [0.5, 0.6) is 0 Å². The Morgan fingerprint density at radius 3 is 3.00 bits per heavy atom. The van der Waals surface area contributed by atoms with Crippen molar-refractivity contribution in [1.82, 2.24) is 4.98 Å². The number of nitro groups is 1. The van der Waals surface area contributed by atoms with E-state index in [-0.39, 0.29) is 18.0 Å². The van der Waals surface area contributed by atoms with Crippen LogP contribution < -0.4 is 0 Å². The minimum Gasteiger partial charge on any atom is -0.502 e. The molecular weight excluding hydrogens is 228 g/mol. The Kier molecular flexibility index (Phi) is 4.15. The molecule has 0 saturated heterocycles. The predicted molar refractivity (Wildman–Crippen MR) is 58.1 cm³/mol. The summed E-state index contributed by atoms with van der Waals surface area (Å²) in [5.41, 5.74) is -0.411. The number of nitrogens with zero attached hydrogens (tertiary/aromatic N) is 2. The summed E-state index contributed by atoms with van der Waals surface area (Å²) in [6.45, 7) is 1.68. The first kappa shape index (κ1) is 12.6. The van der Waals surface area contributed by atoms with Crippen molar-refractivity contribution in [2.75, 3.05) is 6.61 Å². The first-order valence-corrected chi connectivity index (χ1v) is 4.73. The van der Waals surface area contributed by atoms with Gasteiger partial charge in [0.25, 0.3) is 5.69 Å². The molecule has 0 aliphatic heterocycles. The largest absolute Gasteiger partial charge is 0.502 e. The van der Waals surface area contributed by atoms with Gasteiger partial charge in [-0.3, -0.25) is 10.1 Å². The van der Waals surface area contributed by atoms with E-state index in [9.17, 15) is 20.0 Å². The predicted octanol–water partition coefficient (Wildman–Crippen LogP) is 1.45. The first-order chi connectivity index (χ1) is 8.06. The first-order valence-electron chi connectivity index (χ1n) is 4.73.